The van der Waals surface area contributed by atoms with Gasteiger partial charge in [0.15, 0.2) is 0 Å². The summed E-state index contributed by atoms with van der Waals surface area (Å²) >= 11 is 0. The molecule has 0 unspecified atom stereocenters. The number of rotatable bonds is 6. The van der Waals surface area contributed by atoms with Crippen LogP contribution < -0.4 is 0 Å². The molecule has 0 spiro atoms. The molecule has 11 heavy (non-hydrogen) atoms. The molecule has 0 heterocycles. The Morgan fingerprint density at radius 1 is 1.55 bits per heavy atom. The van der Waals surface area contributed by atoms with Crippen LogP contribution in [0, 0.1) is 0 Å². The number of hydrogen-bond donors (Lipinski definition) is 0. The van der Waals surface area contributed by atoms with E-state index in [1.165, 1.54) is 6.92 Å². The van der Waals surface area contributed by atoms with Crippen LogP contribution in [0.15, 0.2) is 0 Å². The van der Waals surface area contributed by atoms with E-state index in [4.69, 9.17) is 0 Å². The van der Waals surface area contributed by atoms with Crippen molar-refractivity contribution in [3.05, 3.63) is 0 Å². The van der Waals surface area contributed by atoms with Crippen LogP contribution in [0.5, 0.6) is 0 Å². The Hall–Kier alpha value is -0.510. The van der Waals surface area contributed by atoms with Crippen LogP contribution in [0.3, 0.4) is 0 Å². The largest absolute Gasteiger partial charge is 0.376 e. The third-order valence-corrected chi connectivity index (χ3v) is 1.06. The topological polar surface area (TPSA) is 26.3 Å². The first-order valence-electron chi connectivity index (χ1n) is 3.48. The number of carbonyl (C=O) groups is 1. The van der Waals surface area contributed by atoms with E-state index in [0.717, 1.165) is 0 Å². The molecule has 0 aliphatic heterocycles. The average molecular weight is 166 g/mol. The van der Waals surface area contributed by atoms with Crippen molar-refractivity contribution in [3.8, 4) is 0 Å². The van der Waals surface area contributed by atoms with Crippen molar-refractivity contribution in [2.24, 2.45) is 0 Å². The molecule has 0 fully saturated rings. The molecule has 0 N–H and O–H groups in total. The molecule has 4 heteroatoms. The summed E-state index contributed by atoms with van der Waals surface area (Å²) < 4.78 is 27.4. The van der Waals surface area contributed by atoms with Gasteiger partial charge < -0.3 is 9.53 Å². The summed E-state index contributed by atoms with van der Waals surface area (Å²) in [6.07, 6.45) is -1.47. The summed E-state index contributed by atoms with van der Waals surface area (Å²) in [7, 11) is 0. The lowest BCUT2D eigenvalue weighted by atomic mass is 10.2. The van der Waals surface area contributed by atoms with Crippen LogP contribution in [0.4, 0.5) is 8.78 Å². The highest BCUT2D eigenvalue weighted by atomic mass is 19.3. The van der Waals surface area contributed by atoms with Crippen molar-refractivity contribution in [1.29, 1.82) is 0 Å². The van der Waals surface area contributed by atoms with Gasteiger partial charge >= 0.3 is 0 Å². The first-order valence-corrected chi connectivity index (χ1v) is 3.48. The molecule has 0 bridgehead atoms. The third kappa shape index (κ3) is 9.49. The molecule has 0 aromatic heterocycles. The Bertz CT molecular complexity index is 115. The maximum Gasteiger partial charge on any atom is 0.261 e. The molecular weight excluding hydrogens is 154 g/mol. The molecule has 0 saturated carbocycles. The zero-order valence-electron chi connectivity index (χ0n) is 6.48. The summed E-state index contributed by atoms with van der Waals surface area (Å²) in [4.78, 5) is 10.3. The van der Waals surface area contributed by atoms with E-state index < -0.39 is 13.0 Å². The predicted octanol–water partition coefficient (Wildman–Crippen LogP) is 1.64. The lowest BCUT2D eigenvalue weighted by Gasteiger charge is -2.00. The van der Waals surface area contributed by atoms with Crippen molar-refractivity contribution >= 4 is 5.78 Å². The molecule has 0 amide bonds. The normalized spacial score (nSPS) is 10.5. The number of carbonyl (C=O) groups excluding carboxylic acids is 1. The van der Waals surface area contributed by atoms with Gasteiger partial charge in [0.1, 0.15) is 12.4 Å². The zero-order valence-corrected chi connectivity index (χ0v) is 6.48. The molecule has 0 rings (SSSR count). The third-order valence-electron chi connectivity index (χ3n) is 1.06. The molecule has 0 aliphatic rings. The number of ether oxygens (including phenoxy) is 1. The van der Waals surface area contributed by atoms with Crippen molar-refractivity contribution in [1.82, 2.24) is 0 Å². The van der Waals surface area contributed by atoms with Gasteiger partial charge in [0.25, 0.3) is 6.43 Å². The van der Waals surface area contributed by atoms with Crippen molar-refractivity contribution in [3.63, 3.8) is 0 Å². The van der Waals surface area contributed by atoms with Gasteiger partial charge in [-0.25, -0.2) is 8.78 Å². The molecule has 0 saturated heterocycles. The summed E-state index contributed by atoms with van der Waals surface area (Å²) in [5.74, 6) is 0.0608. The van der Waals surface area contributed by atoms with Gasteiger partial charge in [-0.05, 0) is 13.3 Å². The summed E-state index contributed by atoms with van der Waals surface area (Å²) in [5, 5.41) is 0. The number of hydrogen-bond acceptors (Lipinski definition) is 2. The highest BCUT2D eigenvalue weighted by molar-refractivity contribution is 5.75. The van der Waals surface area contributed by atoms with Gasteiger partial charge in [-0.1, -0.05) is 0 Å². The molecular formula is C7H12F2O2. The molecule has 0 aliphatic carbocycles. The van der Waals surface area contributed by atoms with E-state index in [1.54, 1.807) is 0 Å². The van der Waals surface area contributed by atoms with E-state index in [1.807, 2.05) is 0 Å². The van der Waals surface area contributed by atoms with Gasteiger partial charge in [0.2, 0.25) is 0 Å². The predicted molar refractivity (Wildman–Crippen MR) is 36.7 cm³/mol. The highest BCUT2D eigenvalue weighted by Crippen LogP contribution is 1.95. The SMILES string of the molecule is CC(=O)CCCOCC(F)F. The van der Waals surface area contributed by atoms with E-state index in [-0.39, 0.29) is 12.4 Å². The van der Waals surface area contributed by atoms with Gasteiger partial charge in [-0.15, -0.1) is 0 Å². The second-order valence-corrected chi connectivity index (χ2v) is 2.27. The first-order chi connectivity index (χ1) is 5.13. The fourth-order valence-corrected chi connectivity index (χ4v) is 0.596. The number of ketones is 1. The molecule has 2 nitrogen and oxygen atoms in total. The van der Waals surface area contributed by atoms with Gasteiger partial charge in [-0.2, -0.15) is 0 Å². The van der Waals surface area contributed by atoms with E-state index in [9.17, 15) is 13.6 Å². The minimum absolute atomic E-state index is 0.0608. The molecule has 0 radical (unpaired) electrons. The van der Waals surface area contributed by atoms with Crippen LogP contribution in [-0.4, -0.2) is 25.4 Å². The first kappa shape index (κ1) is 10.5. The Balaban J connectivity index is 2.97. The summed E-state index contributed by atoms with van der Waals surface area (Å²) in [6.45, 7) is 1.18. The Labute approximate surface area is 64.5 Å². The van der Waals surface area contributed by atoms with Crippen molar-refractivity contribution < 1.29 is 18.3 Å². The standard InChI is InChI=1S/C7H12F2O2/c1-6(10)3-2-4-11-5-7(8)9/h7H,2-5H2,1H3. The lowest BCUT2D eigenvalue weighted by molar-refractivity contribution is -0.117. The fraction of sp³-hybridized carbons (Fsp3) is 0.857. The quantitative estimate of drug-likeness (QED) is 0.560. The lowest BCUT2D eigenvalue weighted by Crippen LogP contribution is -2.06. The van der Waals surface area contributed by atoms with Crippen LogP contribution in [0.25, 0.3) is 0 Å². The Kier molecular flexibility index (Phi) is 5.93. The average Bonchev–Trinajstić information content (AvgIpc) is 1.85. The van der Waals surface area contributed by atoms with Crippen LogP contribution in [0.1, 0.15) is 19.8 Å². The molecule has 0 atom stereocenters. The molecule has 0 aromatic carbocycles. The summed E-state index contributed by atoms with van der Waals surface area (Å²) in [5.41, 5.74) is 0. The zero-order chi connectivity index (χ0) is 8.69. The Morgan fingerprint density at radius 3 is 2.64 bits per heavy atom. The van der Waals surface area contributed by atoms with E-state index in [2.05, 4.69) is 4.74 Å². The van der Waals surface area contributed by atoms with Gasteiger partial charge in [0.05, 0.1) is 0 Å². The second-order valence-electron chi connectivity index (χ2n) is 2.27. The van der Waals surface area contributed by atoms with Crippen molar-refractivity contribution in [2.75, 3.05) is 13.2 Å². The molecule has 0 aromatic rings. The van der Waals surface area contributed by atoms with E-state index in [0.29, 0.717) is 12.8 Å². The van der Waals surface area contributed by atoms with Crippen LogP contribution in [-0.2, 0) is 9.53 Å². The fourth-order valence-electron chi connectivity index (χ4n) is 0.596. The minimum Gasteiger partial charge on any atom is -0.376 e. The van der Waals surface area contributed by atoms with Crippen LogP contribution >= 0.6 is 0 Å². The number of Topliss-reactive ketones (excluding diaryl/α,β-unsaturated/α-hetero) is 1. The van der Waals surface area contributed by atoms with Crippen molar-refractivity contribution in [2.45, 2.75) is 26.2 Å². The van der Waals surface area contributed by atoms with Gasteiger partial charge in [0, 0.05) is 13.0 Å². The highest BCUT2D eigenvalue weighted by Gasteiger charge is 2.01. The Morgan fingerprint density at radius 2 is 2.18 bits per heavy atom. The maximum atomic E-state index is 11.4. The van der Waals surface area contributed by atoms with Crippen LogP contribution in [0.2, 0.25) is 0 Å². The van der Waals surface area contributed by atoms with Gasteiger partial charge in [-0.3, -0.25) is 0 Å². The summed E-state index contributed by atoms with van der Waals surface area (Å²) in [6, 6.07) is 0. The number of halogens is 2. The maximum absolute atomic E-state index is 11.4. The molecule has 66 valence electrons. The number of alkyl halides is 2. The second kappa shape index (κ2) is 6.22. The monoisotopic (exact) mass is 166 g/mol. The minimum atomic E-state index is -2.41. The smallest absolute Gasteiger partial charge is 0.261 e. The van der Waals surface area contributed by atoms with E-state index >= 15 is 0 Å².